The molecule has 2 rings (SSSR count). The Labute approximate surface area is 175 Å². The van der Waals surface area contributed by atoms with E-state index in [1.165, 1.54) is 53.6 Å². The van der Waals surface area contributed by atoms with Gasteiger partial charge in [0.05, 0.1) is 50.8 Å². The van der Waals surface area contributed by atoms with Crippen molar-refractivity contribution in [2.75, 3.05) is 38.5 Å². The van der Waals surface area contributed by atoms with E-state index in [-0.39, 0.29) is 11.6 Å². The fraction of sp³-hybridized carbons (Fsp3) is 0.250. The van der Waals surface area contributed by atoms with Gasteiger partial charge in [-0.1, -0.05) is 0 Å². The fourth-order valence-corrected chi connectivity index (χ4v) is 3.45. The first kappa shape index (κ1) is 22.9. The lowest BCUT2D eigenvalue weighted by molar-refractivity contribution is -0.114. The Morgan fingerprint density at radius 2 is 1.50 bits per heavy atom. The maximum Gasteiger partial charge on any atom is 0.255 e. The highest BCUT2D eigenvalue weighted by Gasteiger charge is 2.14. The number of nitrogens with one attached hydrogen (secondary N) is 2. The molecular weight excluding hydrogens is 412 g/mol. The molecule has 2 N–H and O–H groups in total. The Morgan fingerprint density at radius 1 is 0.900 bits per heavy atom. The van der Waals surface area contributed by atoms with Gasteiger partial charge in [-0.3, -0.25) is 9.52 Å². The second-order valence-electron chi connectivity index (χ2n) is 5.99. The average Bonchev–Trinajstić information content (AvgIpc) is 2.71. The van der Waals surface area contributed by atoms with Crippen LogP contribution in [-0.2, 0) is 14.8 Å². The summed E-state index contributed by atoms with van der Waals surface area (Å²) in [5.74, 6) is 1.36. The zero-order valence-electron chi connectivity index (χ0n) is 17.3. The summed E-state index contributed by atoms with van der Waals surface area (Å²) >= 11 is 0. The van der Waals surface area contributed by atoms with Gasteiger partial charge >= 0.3 is 0 Å². The van der Waals surface area contributed by atoms with E-state index in [0.29, 0.717) is 34.2 Å². The lowest BCUT2D eigenvalue weighted by Gasteiger charge is -2.13. The van der Waals surface area contributed by atoms with Crippen LogP contribution in [0.1, 0.15) is 12.5 Å². The molecule has 162 valence electrons. The first-order chi connectivity index (χ1) is 14.2. The molecule has 0 aromatic heterocycles. The van der Waals surface area contributed by atoms with Gasteiger partial charge in [-0.2, -0.15) is 0 Å². The van der Waals surface area contributed by atoms with E-state index in [2.05, 4.69) is 10.0 Å². The minimum Gasteiger partial charge on any atom is -0.496 e. The highest BCUT2D eigenvalue weighted by Crippen LogP contribution is 2.35. The lowest BCUT2D eigenvalue weighted by Crippen LogP contribution is -2.11. The van der Waals surface area contributed by atoms with Crippen LogP contribution in [0.2, 0.25) is 0 Å². The third-order valence-corrected chi connectivity index (χ3v) is 4.95. The van der Waals surface area contributed by atoms with E-state index in [1.807, 2.05) is 0 Å². The van der Waals surface area contributed by atoms with E-state index in [9.17, 15) is 13.2 Å². The first-order valence-corrected chi connectivity index (χ1v) is 10.2. The van der Waals surface area contributed by atoms with Gasteiger partial charge in [0.25, 0.3) is 10.0 Å². The van der Waals surface area contributed by atoms with Crippen molar-refractivity contribution < 1.29 is 32.2 Å². The molecule has 0 atom stereocenters. The van der Waals surface area contributed by atoms with Gasteiger partial charge in [-0.05, 0) is 24.3 Å². The molecule has 0 fully saturated rings. The Morgan fingerprint density at radius 3 is 2.00 bits per heavy atom. The molecule has 0 bridgehead atoms. The molecule has 0 unspecified atom stereocenters. The number of hydrogen-bond donors (Lipinski definition) is 2. The summed E-state index contributed by atoms with van der Waals surface area (Å²) in [7, 11) is 1.97. The normalized spacial score (nSPS) is 11.1. The van der Waals surface area contributed by atoms with Crippen LogP contribution in [0.25, 0.3) is 6.08 Å². The molecule has 0 saturated heterocycles. The quantitative estimate of drug-likeness (QED) is 0.621. The predicted molar refractivity (Wildman–Crippen MR) is 115 cm³/mol. The fourth-order valence-electron chi connectivity index (χ4n) is 2.61. The summed E-state index contributed by atoms with van der Waals surface area (Å²) < 4.78 is 48.5. The summed E-state index contributed by atoms with van der Waals surface area (Å²) in [6.07, 6.45) is 1.36. The zero-order valence-corrected chi connectivity index (χ0v) is 18.1. The number of ether oxygens (including phenoxy) is 4. The van der Waals surface area contributed by atoms with Crippen molar-refractivity contribution in [3.63, 3.8) is 0 Å². The average molecular weight is 436 g/mol. The summed E-state index contributed by atoms with van der Waals surface area (Å²) in [5.41, 5.74) is 1.02. The van der Waals surface area contributed by atoms with Crippen LogP contribution >= 0.6 is 0 Å². The minimum atomic E-state index is -3.89. The van der Waals surface area contributed by atoms with Crippen LogP contribution in [-0.4, -0.2) is 42.8 Å². The van der Waals surface area contributed by atoms with Crippen LogP contribution in [0.4, 0.5) is 11.4 Å². The van der Waals surface area contributed by atoms with Crippen molar-refractivity contribution in [1.82, 2.24) is 0 Å². The van der Waals surface area contributed by atoms with Crippen molar-refractivity contribution in [2.24, 2.45) is 0 Å². The van der Waals surface area contributed by atoms with Crippen LogP contribution in [0.5, 0.6) is 23.0 Å². The van der Waals surface area contributed by atoms with Crippen LogP contribution < -0.4 is 29.0 Å². The minimum absolute atomic E-state index is 0.248. The molecular formula is C20H24N2O7S. The third kappa shape index (κ3) is 5.80. The Kier molecular flexibility index (Phi) is 7.54. The number of anilines is 2. The Hall–Kier alpha value is -3.40. The number of hydrogen-bond acceptors (Lipinski definition) is 7. The molecule has 2 aromatic carbocycles. The van der Waals surface area contributed by atoms with Crippen molar-refractivity contribution in [3.05, 3.63) is 41.3 Å². The van der Waals surface area contributed by atoms with E-state index in [1.54, 1.807) is 18.2 Å². The zero-order chi connectivity index (χ0) is 22.3. The van der Waals surface area contributed by atoms with Crippen LogP contribution in [0, 0.1) is 0 Å². The van der Waals surface area contributed by atoms with Gasteiger partial charge in [-0.15, -0.1) is 0 Å². The van der Waals surface area contributed by atoms with Crippen molar-refractivity contribution in [2.45, 2.75) is 6.92 Å². The van der Waals surface area contributed by atoms with Crippen molar-refractivity contribution >= 4 is 33.4 Å². The molecule has 0 aliphatic carbocycles. The van der Waals surface area contributed by atoms with Gasteiger partial charge in [0.15, 0.2) is 0 Å². The summed E-state index contributed by atoms with van der Waals surface area (Å²) in [4.78, 5) is 11.4. The maximum atomic E-state index is 12.6. The molecule has 0 spiro atoms. The maximum absolute atomic E-state index is 12.6. The molecule has 0 saturated carbocycles. The third-order valence-electron chi connectivity index (χ3n) is 3.94. The van der Waals surface area contributed by atoms with Gasteiger partial charge in [0.2, 0.25) is 5.91 Å². The van der Waals surface area contributed by atoms with Gasteiger partial charge < -0.3 is 24.3 Å². The monoisotopic (exact) mass is 436 g/mol. The topological polar surface area (TPSA) is 112 Å². The van der Waals surface area contributed by atoms with E-state index >= 15 is 0 Å². The number of carbonyl (C=O) groups excluding carboxylic acids is 1. The number of benzene rings is 2. The predicted octanol–water partition coefficient (Wildman–Crippen LogP) is 3.09. The van der Waals surface area contributed by atoms with Crippen molar-refractivity contribution in [3.8, 4) is 23.0 Å². The molecule has 0 radical (unpaired) electrons. The highest BCUT2D eigenvalue weighted by atomic mass is 32.2. The SMILES string of the molecule is COc1cc(OC)c(/C=C/S(=O)(=O)Nc2ccc(OC)c(NC(C)=O)c2)c(OC)c1. The molecule has 9 nitrogen and oxygen atoms in total. The molecule has 0 aliphatic heterocycles. The summed E-state index contributed by atoms with van der Waals surface area (Å²) in [6.45, 7) is 1.34. The Bertz CT molecular complexity index is 1020. The molecule has 10 heteroatoms. The smallest absolute Gasteiger partial charge is 0.255 e. The Balaban J connectivity index is 2.34. The van der Waals surface area contributed by atoms with Crippen LogP contribution in [0.15, 0.2) is 35.7 Å². The first-order valence-electron chi connectivity index (χ1n) is 8.69. The van der Waals surface area contributed by atoms with Crippen molar-refractivity contribution in [1.29, 1.82) is 0 Å². The highest BCUT2D eigenvalue weighted by molar-refractivity contribution is 7.95. The number of rotatable bonds is 9. The van der Waals surface area contributed by atoms with E-state index in [4.69, 9.17) is 18.9 Å². The largest absolute Gasteiger partial charge is 0.496 e. The van der Waals surface area contributed by atoms with Crippen LogP contribution in [0.3, 0.4) is 0 Å². The standard InChI is InChI=1S/C20H24N2O7S/c1-13(23)21-17-10-14(6-7-18(17)27-3)22-30(24,25)9-8-16-19(28-4)11-15(26-2)12-20(16)29-5/h6-12,22H,1-5H3,(H,21,23)/b9-8+. The number of sulfonamides is 1. The van der Waals surface area contributed by atoms with E-state index in [0.717, 1.165) is 5.41 Å². The number of carbonyl (C=O) groups is 1. The molecule has 1 amide bonds. The molecule has 30 heavy (non-hydrogen) atoms. The van der Waals surface area contributed by atoms with E-state index < -0.39 is 10.0 Å². The molecule has 0 heterocycles. The number of methoxy groups -OCH3 is 4. The second kappa shape index (κ2) is 9.88. The number of amides is 1. The second-order valence-corrected chi connectivity index (χ2v) is 7.56. The summed E-state index contributed by atoms with van der Waals surface area (Å²) in [5, 5.41) is 3.58. The summed E-state index contributed by atoms with van der Waals surface area (Å²) in [6, 6.07) is 7.75. The molecule has 2 aromatic rings. The molecule has 0 aliphatic rings. The van der Waals surface area contributed by atoms with Gasteiger partial charge in [0, 0.05) is 19.1 Å². The lowest BCUT2D eigenvalue weighted by atomic mass is 10.1. The van der Waals surface area contributed by atoms with Gasteiger partial charge in [-0.25, -0.2) is 8.42 Å². The van der Waals surface area contributed by atoms with Gasteiger partial charge in [0.1, 0.15) is 23.0 Å².